The summed E-state index contributed by atoms with van der Waals surface area (Å²) >= 11 is 6.08. The van der Waals surface area contributed by atoms with Gasteiger partial charge >= 0.3 is 6.09 Å². The number of hydrogen-bond donors (Lipinski definition) is 5. The van der Waals surface area contributed by atoms with Gasteiger partial charge in [0, 0.05) is 24.3 Å². The van der Waals surface area contributed by atoms with Crippen LogP contribution in [0.1, 0.15) is 23.1 Å². The first-order valence-electron chi connectivity index (χ1n) is 9.84. The van der Waals surface area contributed by atoms with Gasteiger partial charge < -0.3 is 26.4 Å². The van der Waals surface area contributed by atoms with Crippen LogP contribution in [-0.4, -0.2) is 46.6 Å². The minimum absolute atomic E-state index is 0.00326. The molecule has 10 heteroatoms. The number of aromatic nitrogens is 1. The number of anilines is 1. The number of aryl methyl sites for hydroxylation is 1. The number of halogens is 1. The molecule has 1 unspecified atom stereocenters. The van der Waals surface area contributed by atoms with Crippen molar-refractivity contribution in [2.24, 2.45) is 0 Å². The number of carbonyl (C=O) groups excluding carboxylic acids is 2. The Labute approximate surface area is 184 Å². The highest BCUT2D eigenvalue weighted by atomic mass is 35.5. The van der Waals surface area contributed by atoms with Crippen molar-refractivity contribution < 1.29 is 19.5 Å². The molecule has 0 fully saturated rings. The molecule has 0 saturated carbocycles. The van der Waals surface area contributed by atoms with Gasteiger partial charge in [0.15, 0.2) is 0 Å². The third-order valence-corrected chi connectivity index (χ3v) is 5.44. The molecule has 0 spiro atoms. The van der Waals surface area contributed by atoms with Crippen LogP contribution in [0, 0.1) is 6.92 Å². The number of nitrogens with zero attached hydrogens (tertiary/aromatic N) is 1. The van der Waals surface area contributed by atoms with Crippen LogP contribution < -0.4 is 21.3 Å². The zero-order valence-electron chi connectivity index (χ0n) is 16.9. The summed E-state index contributed by atoms with van der Waals surface area (Å²) in [6.07, 6.45) is 0.898. The summed E-state index contributed by atoms with van der Waals surface area (Å²) in [7, 11) is 0. The molecule has 1 aliphatic heterocycles. The molecule has 9 nitrogen and oxygen atoms in total. The van der Waals surface area contributed by atoms with Crippen LogP contribution in [0.15, 0.2) is 36.5 Å². The van der Waals surface area contributed by atoms with Crippen molar-refractivity contribution in [3.63, 3.8) is 0 Å². The van der Waals surface area contributed by atoms with Gasteiger partial charge in [-0.3, -0.25) is 9.59 Å². The molecule has 1 aromatic carbocycles. The quantitative estimate of drug-likeness (QED) is 0.441. The molecule has 1 aromatic heterocycles. The molecule has 0 saturated heterocycles. The van der Waals surface area contributed by atoms with Crippen LogP contribution in [0.2, 0.25) is 5.02 Å². The molecule has 164 valence electrons. The van der Waals surface area contributed by atoms with Gasteiger partial charge in [0.25, 0.3) is 0 Å². The van der Waals surface area contributed by atoms with Gasteiger partial charge in [-0.2, -0.15) is 0 Å². The molecule has 0 bridgehead atoms. The summed E-state index contributed by atoms with van der Waals surface area (Å²) in [6, 6.07) is 7.91. The number of benzene rings is 1. The molecular weight excluding hydrogens is 422 g/mol. The molecule has 2 aromatic rings. The van der Waals surface area contributed by atoms with Crippen LogP contribution in [0.4, 0.5) is 10.6 Å². The monoisotopic (exact) mass is 445 g/mol. The summed E-state index contributed by atoms with van der Waals surface area (Å²) in [6.45, 7) is 2.34. The molecule has 0 aliphatic carbocycles. The van der Waals surface area contributed by atoms with Crippen molar-refractivity contribution >= 4 is 35.3 Å². The second kappa shape index (κ2) is 10.2. The third-order valence-electron chi connectivity index (χ3n) is 5.03. The van der Waals surface area contributed by atoms with Crippen molar-refractivity contribution in [2.75, 3.05) is 11.9 Å². The number of hydrogen-bond acceptors (Lipinski definition) is 5. The van der Waals surface area contributed by atoms with Crippen molar-refractivity contribution in [1.29, 1.82) is 0 Å². The number of amides is 3. The number of pyridine rings is 1. The van der Waals surface area contributed by atoms with Gasteiger partial charge in [-0.15, -0.1) is 0 Å². The van der Waals surface area contributed by atoms with Crippen molar-refractivity contribution in [3.8, 4) is 0 Å². The first kappa shape index (κ1) is 22.5. The molecule has 5 N–H and O–H groups in total. The van der Waals surface area contributed by atoms with Crippen molar-refractivity contribution in [1.82, 2.24) is 20.9 Å². The highest BCUT2D eigenvalue weighted by Crippen LogP contribution is 2.18. The molecule has 3 amide bonds. The van der Waals surface area contributed by atoms with Crippen molar-refractivity contribution in [3.05, 3.63) is 58.2 Å². The van der Waals surface area contributed by atoms with E-state index in [4.69, 9.17) is 16.7 Å². The van der Waals surface area contributed by atoms with E-state index in [0.29, 0.717) is 18.0 Å². The van der Waals surface area contributed by atoms with Crippen LogP contribution in [0.25, 0.3) is 0 Å². The Hall–Kier alpha value is -3.17. The molecule has 2 atom stereocenters. The Morgan fingerprint density at radius 1 is 1.29 bits per heavy atom. The van der Waals surface area contributed by atoms with Crippen LogP contribution in [0.5, 0.6) is 0 Å². The largest absolute Gasteiger partial charge is 0.465 e. The normalized spacial score (nSPS) is 16.0. The zero-order chi connectivity index (χ0) is 22.4. The Morgan fingerprint density at radius 3 is 2.74 bits per heavy atom. The van der Waals surface area contributed by atoms with Crippen LogP contribution >= 0.6 is 11.6 Å². The number of fused-ring (bicyclic) bond motifs is 1. The van der Waals surface area contributed by atoms with Gasteiger partial charge in [0.2, 0.25) is 11.8 Å². The first-order chi connectivity index (χ1) is 14.8. The Morgan fingerprint density at radius 2 is 2.03 bits per heavy atom. The number of carbonyl (C=O) groups is 3. The number of nitrogens with one attached hydrogen (secondary N) is 4. The van der Waals surface area contributed by atoms with Gasteiger partial charge in [-0.05, 0) is 42.5 Å². The van der Waals surface area contributed by atoms with E-state index in [0.717, 1.165) is 16.7 Å². The molecule has 31 heavy (non-hydrogen) atoms. The fourth-order valence-corrected chi connectivity index (χ4v) is 3.44. The summed E-state index contributed by atoms with van der Waals surface area (Å²) in [5, 5.41) is 20.0. The maximum atomic E-state index is 12.8. The van der Waals surface area contributed by atoms with Gasteiger partial charge in [0.1, 0.15) is 11.9 Å². The van der Waals surface area contributed by atoms with E-state index < -0.39 is 24.1 Å². The number of carboxylic acid groups (broad SMARTS) is 1. The fraction of sp³-hybridized carbons (Fsp3) is 0.333. The minimum Gasteiger partial charge on any atom is -0.465 e. The SMILES string of the molecule is Cc1cnc(NC(=O)C(CCNC(=O)O)NC(=O)[C@@H]2Cc3ccccc3CN2)cc1Cl. The topological polar surface area (TPSA) is 132 Å². The predicted octanol–water partition coefficient (Wildman–Crippen LogP) is 1.84. The number of rotatable bonds is 7. The molecule has 3 rings (SSSR count). The summed E-state index contributed by atoms with van der Waals surface area (Å²) in [5.74, 6) is -0.597. The molecule has 2 heterocycles. The smallest absolute Gasteiger partial charge is 0.404 e. The molecule has 1 aliphatic rings. The minimum atomic E-state index is -1.21. The van der Waals surface area contributed by atoms with Crippen LogP contribution in [-0.2, 0) is 22.6 Å². The maximum Gasteiger partial charge on any atom is 0.404 e. The third kappa shape index (κ3) is 6.16. The van der Waals surface area contributed by atoms with E-state index in [-0.39, 0.29) is 24.7 Å². The van der Waals surface area contributed by atoms with E-state index in [1.807, 2.05) is 24.3 Å². The average Bonchev–Trinajstić information content (AvgIpc) is 2.75. The van der Waals surface area contributed by atoms with Gasteiger partial charge in [-0.1, -0.05) is 35.9 Å². The average molecular weight is 446 g/mol. The summed E-state index contributed by atoms with van der Waals surface area (Å²) < 4.78 is 0. The predicted molar refractivity (Wildman–Crippen MR) is 116 cm³/mol. The zero-order valence-corrected chi connectivity index (χ0v) is 17.7. The van der Waals surface area contributed by atoms with Gasteiger partial charge in [-0.25, -0.2) is 9.78 Å². The first-order valence-corrected chi connectivity index (χ1v) is 10.2. The maximum absolute atomic E-state index is 12.8. The van der Waals surface area contributed by atoms with E-state index in [2.05, 4.69) is 26.3 Å². The van der Waals surface area contributed by atoms with Crippen LogP contribution in [0.3, 0.4) is 0 Å². The van der Waals surface area contributed by atoms with Crippen molar-refractivity contribution in [2.45, 2.75) is 38.4 Å². The second-order valence-corrected chi connectivity index (χ2v) is 7.70. The molecular formula is C21H24ClN5O4. The van der Waals surface area contributed by atoms with E-state index in [1.165, 1.54) is 12.3 Å². The lowest BCUT2D eigenvalue weighted by Crippen LogP contribution is -2.53. The van der Waals surface area contributed by atoms with E-state index in [9.17, 15) is 14.4 Å². The van der Waals surface area contributed by atoms with E-state index >= 15 is 0 Å². The lowest BCUT2D eigenvalue weighted by atomic mass is 9.95. The lowest BCUT2D eigenvalue weighted by Gasteiger charge is -2.27. The summed E-state index contributed by atoms with van der Waals surface area (Å²) in [4.78, 5) is 40.5. The second-order valence-electron chi connectivity index (χ2n) is 7.30. The fourth-order valence-electron chi connectivity index (χ4n) is 3.29. The highest BCUT2D eigenvalue weighted by Gasteiger charge is 2.28. The summed E-state index contributed by atoms with van der Waals surface area (Å²) in [5.41, 5.74) is 2.97. The Bertz CT molecular complexity index is 984. The Kier molecular flexibility index (Phi) is 7.43. The highest BCUT2D eigenvalue weighted by molar-refractivity contribution is 6.31. The molecule has 0 radical (unpaired) electrons. The lowest BCUT2D eigenvalue weighted by molar-refractivity contribution is -0.128. The van der Waals surface area contributed by atoms with Gasteiger partial charge in [0.05, 0.1) is 6.04 Å². The van der Waals surface area contributed by atoms with E-state index in [1.54, 1.807) is 6.92 Å². The Balaban J connectivity index is 1.67. The standard InChI is InChI=1S/C21H24ClN5O4/c1-12-10-25-18(9-15(12)22)27-19(28)16(6-7-23-21(30)31)26-20(29)17-8-13-4-2-3-5-14(13)11-24-17/h2-5,9-10,16-17,23-24H,6-8,11H2,1H3,(H,26,29)(H,30,31)(H,25,27,28)/t16?,17-/m0/s1.